The predicted molar refractivity (Wildman–Crippen MR) is 130 cm³/mol. The zero-order valence-electron chi connectivity index (χ0n) is 19.0. The molecule has 33 heavy (non-hydrogen) atoms. The van der Waals surface area contributed by atoms with Crippen LogP contribution in [0.4, 0.5) is 23.5 Å². The van der Waals surface area contributed by atoms with Crippen LogP contribution in [0.15, 0.2) is 60.7 Å². The van der Waals surface area contributed by atoms with E-state index in [9.17, 15) is 0 Å². The van der Waals surface area contributed by atoms with Crippen LogP contribution in [0, 0.1) is 0 Å². The zero-order valence-corrected chi connectivity index (χ0v) is 19.0. The smallest absolute Gasteiger partial charge is 0.236 e. The average Bonchev–Trinajstić information content (AvgIpc) is 2.90. The van der Waals surface area contributed by atoms with E-state index in [4.69, 9.17) is 24.4 Å². The summed E-state index contributed by atoms with van der Waals surface area (Å²) in [6, 6.07) is 20.2. The van der Waals surface area contributed by atoms with Crippen molar-refractivity contribution >= 4 is 23.5 Å². The number of nitrogens with zero attached hydrogens (tertiary/aromatic N) is 6. The largest absolute Gasteiger partial charge is 0.490 e. The molecular weight excluding hydrogens is 416 g/mol. The van der Waals surface area contributed by atoms with Crippen LogP contribution in [-0.4, -0.2) is 67.5 Å². The third-order valence-corrected chi connectivity index (χ3v) is 6.11. The summed E-state index contributed by atoms with van der Waals surface area (Å²) < 4.78 is 11.7. The number of hydrogen-bond donors (Lipinski definition) is 0. The second-order valence-electron chi connectivity index (χ2n) is 8.35. The molecule has 0 saturated carbocycles. The molecule has 0 aliphatic carbocycles. The number of ether oxygens (including phenoxy) is 2. The lowest BCUT2D eigenvalue weighted by molar-refractivity contribution is 0.122. The van der Waals surface area contributed by atoms with E-state index in [0.29, 0.717) is 25.1 Å². The highest BCUT2D eigenvalue weighted by atomic mass is 16.5. The molecule has 2 aliphatic heterocycles. The molecule has 0 amide bonds. The normalized spacial score (nSPS) is 17.1. The Kier molecular flexibility index (Phi) is 6.53. The van der Waals surface area contributed by atoms with Crippen LogP contribution in [0.5, 0.6) is 5.75 Å². The van der Waals surface area contributed by atoms with Gasteiger partial charge in [-0.1, -0.05) is 36.4 Å². The number of benzene rings is 2. The van der Waals surface area contributed by atoms with Crippen molar-refractivity contribution in [3.63, 3.8) is 0 Å². The summed E-state index contributed by atoms with van der Waals surface area (Å²) in [5.41, 5.74) is 1.04. The molecule has 172 valence electrons. The van der Waals surface area contributed by atoms with Crippen LogP contribution >= 0.6 is 0 Å². The molecule has 8 heteroatoms. The molecule has 0 spiro atoms. The first-order valence-electron chi connectivity index (χ1n) is 11.6. The molecule has 0 unspecified atom stereocenters. The summed E-state index contributed by atoms with van der Waals surface area (Å²) >= 11 is 0. The first-order chi connectivity index (χ1) is 16.3. The second kappa shape index (κ2) is 10.0. The molecule has 0 radical (unpaired) electrons. The summed E-state index contributed by atoms with van der Waals surface area (Å²) in [6.07, 6.45) is 2.06. The number of hydrogen-bond acceptors (Lipinski definition) is 8. The van der Waals surface area contributed by atoms with Gasteiger partial charge in [-0.05, 0) is 24.3 Å². The maximum absolute atomic E-state index is 6.17. The molecule has 0 bridgehead atoms. The Hall–Kier alpha value is -3.39. The molecule has 2 fully saturated rings. The van der Waals surface area contributed by atoms with Crippen molar-refractivity contribution in [2.24, 2.45) is 0 Å². The Morgan fingerprint density at radius 1 is 0.788 bits per heavy atom. The summed E-state index contributed by atoms with van der Waals surface area (Å²) in [5.74, 6) is 3.01. The minimum Gasteiger partial charge on any atom is -0.490 e. The van der Waals surface area contributed by atoms with E-state index >= 15 is 0 Å². The third kappa shape index (κ3) is 5.17. The number of anilines is 4. The van der Waals surface area contributed by atoms with E-state index in [0.717, 1.165) is 56.4 Å². The molecular formula is C25H30N6O2. The highest BCUT2D eigenvalue weighted by Gasteiger charge is 2.25. The van der Waals surface area contributed by atoms with E-state index in [1.165, 1.54) is 0 Å². The quantitative estimate of drug-likeness (QED) is 0.570. The third-order valence-electron chi connectivity index (χ3n) is 6.11. The van der Waals surface area contributed by atoms with Gasteiger partial charge >= 0.3 is 0 Å². The second-order valence-corrected chi connectivity index (χ2v) is 8.35. The Balaban J connectivity index is 1.36. The number of para-hydroxylation sites is 2. The SMILES string of the molecule is CN(c1ccccc1)c1nc(N2CCOCC2)nc(N2CCC(Oc3ccccc3)CC2)n1. The number of morpholine rings is 1. The number of rotatable bonds is 6. The van der Waals surface area contributed by atoms with Crippen molar-refractivity contribution in [2.75, 3.05) is 61.1 Å². The van der Waals surface area contributed by atoms with Gasteiger partial charge in [-0.2, -0.15) is 15.0 Å². The highest BCUT2D eigenvalue weighted by Crippen LogP contribution is 2.27. The molecule has 8 nitrogen and oxygen atoms in total. The van der Waals surface area contributed by atoms with Crippen LogP contribution in [-0.2, 0) is 4.74 Å². The van der Waals surface area contributed by atoms with E-state index in [-0.39, 0.29) is 6.10 Å². The van der Waals surface area contributed by atoms with Gasteiger partial charge in [0.05, 0.1) is 13.2 Å². The van der Waals surface area contributed by atoms with Crippen molar-refractivity contribution < 1.29 is 9.47 Å². The monoisotopic (exact) mass is 446 g/mol. The average molecular weight is 447 g/mol. The van der Waals surface area contributed by atoms with Gasteiger partial charge in [-0.15, -0.1) is 0 Å². The highest BCUT2D eigenvalue weighted by molar-refractivity contribution is 5.58. The van der Waals surface area contributed by atoms with Gasteiger partial charge in [0.15, 0.2) is 0 Å². The Morgan fingerprint density at radius 3 is 2.00 bits per heavy atom. The lowest BCUT2D eigenvalue weighted by Crippen LogP contribution is -2.41. The van der Waals surface area contributed by atoms with Gasteiger partial charge in [-0.3, -0.25) is 0 Å². The van der Waals surface area contributed by atoms with Gasteiger partial charge in [0.1, 0.15) is 11.9 Å². The molecule has 2 saturated heterocycles. The van der Waals surface area contributed by atoms with E-state index in [1.54, 1.807) is 0 Å². The molecule has 3 aromatic rings. The molecule has 2 aliphatic rings. The molecule has 2 aromatic carbocycles. The van der Waals surface area contributed by atoms with Gasteiger partial charge in [-0.25, -0.2) is 0 Å². The van der Waals surface area contributed by atoms with Crippen LogP contribution in [0.1, 0.15) is 12.8 Å². The summed E-state index contributed by atoms with van der Waals surface area (Å²) in [7, 11) is 2.00. The summed E-state index contributed by atoms with van der Waals surface area (Å²) in [6.45, 7) is 4.63. The van der Waals surface area contributed by atoms with Crippen LogP contribution in [0.3, 0.4) is 0 Å². The first kappa shape index (κ1) is 21.5. The maximum atomic E-state index is 6.17. The predicted octanol–water partition coefficient (Wildman–Crippen LogP) is 3.52. The molecule has 5 rings (SSSR count). The van der Waals surface area contributed by atoms with Crippen molar-refractivity contribution in [2.45, 2.75) is 18.9 Å². The minimum atomic E-state index is 0.204. The fourth-order valence-electron chi connectivity index (χ4n) is 4.17. The fourth-order valence-corrected chi connectivity index (χ4v) is 4.17. The van der Waals surface area contributed by atoms with Crippen molar-refractivity contribution in [1.82, 2.24) is 15.0 Å². The summed E-state index contributed by atoms with van der Waals surface area (Å²) in [5, 5.41) is 0. The minimum absolute atomic E-state index is 0.204. The molecule has 3 heterocycles. The summed E-state index contributed by atoms with van der Waals surface area (Å²) in [4.78, 5) is 21.0. The number of aromatic nitrogens is 3. The van der Waals surface area contributed by atoms with Gasteiger partial charge < -0.3 is 24.2 Å². The lowest BCUT2D eigenvalue weighted by atomic mass is 10.1. The molecule has 0 N–H and O–H groups in total. The maximum Gasteiger partial charge on any atom is 0.236 e. The molecule has 1 aromatic heterocycles. The standard InChI is InChI=1S/C25H30N6O2/c1-29(20-8-4-2-5-9-20)23-26-24(28-25(27-23)31-16-18-32-19-17-31)30-14-12-22(13-15-30)33-21-10-6-3-7-11-21/h2-11,22H,12-19H2,1H3. The van der Waals surface area contributed by atoms with E-state index in [2.05, 4.69) is 21.9 Å². The van der Waals surface area contributed by atoms with Crippen LogP contribution in [0.25, 0.3) is 0 Å². The van der Waals surface area contributed by atoms with Crippen molar-refractivity contribution in [3.8, 4) is 5.75 Å². The van der Waals surface area contributed by atoms with Gasteiger partial charge in [0, 0.05) is 51.8 Å². The fraction of sp³-hybridized carbons (Fsp3) is 0.400. The Bertz CT molecular complexity index is 1020. The van der Waals surface area contributed by atoms with Crippen LogP contribution in [0.2, 0.25) is 0 Å². The van der Waals surface area contributed by atoms with E-state index in [1.807, 2.05) is 60.5 Å². The van der Waals surface area contributed by atoms with Crippen molar-refractivity contribution in [3.05, 3.63) is 60.7 Å². The lowest BCUT2D eigenvalue weighted by Gasteiger charge is -2.33. The van der Waals surface area contributed by atoms with Crippen LogP contribution < -0.4 is 19.4 Å². The van der Waals surface area contributed by atoms with Gasteiger partial charge in [0.2, 0.25) is 17.8 Å². The topological polar surface area (TPSA) is 66.9 Å². The van der Waals surface area contributed by atoms with E-state index < -0.39 is 0 Å². The number of piperidine rings is 1. The Morgan fingerprint density at radius 2 is 1.36 bits per heavy atom. The van der Waals surface area contributed by atoms with Crippen molar-refractivity contribution in [1.29, 1.82) is 0 Å². The first-order valence-corrected chi connectivity index (χ1v) is 11.6. The van der Waals surface area contributed by atoms with Gasteiger partial charge in [0.25, 0.3) is 0 Å². The zero-order chi connectivity index (χ0) is 22.5. The molecule has 0 atom stereocenters. The Labute approximate surface area is 194 Å².